The third-order valence-corrected chi connectivity index (χ3v) is 3.50. The SMILES string of the molecule is CCc1nn(C)cc1CNc1ccc(Cl)cc1C(N)=S. The molecule has 0 atom stereocenters. The molecule has 20 heavy (non-hydrogen) atoms. The molecule has 1 aromatic heterocycles. The molecule has 2 aromatic rings. The molecular weight excluding hydrogens is 292 g/mol. The summed E-state index contributed by atoms with van der Waals surface area (Å²) in [6.07, 6.45) is 2.92. The Morgan fingerprint density at radius 1 is 1.50 bits per heavy atom. The first-order chi connectivity index (χ1) is 9.51. The van der Waals surface area contributed by atoms with Gasteiger partial charge in [0.25, 0.3) is 0 Å². The van der Waals surface area contributed by atoms with Crippen molar-refractivity contribution in [1.82, 2.24) is 9.78 Å². The van der Waals surface area contributed by atoms with Crippen molar-refractivity contribution in [2.45, 2.75) is 19.9 Å². The van der Waals surface area contributed by atoms with Crippen LogP contribution < -0.4 is 11.1 Å². The summed E-state index contributed by atoms with van der Waals surface area (Å²) in [5.41, 5.74) is 9.62. The number of nitrogens with two attached hydrogens (primary N) is 1. The van der Waals surface area contributed by atoms with Gasteiger partial charge in [0.15, 0.2) is 0 Å². The summed E-state index contributed by atoms with van der Waals surface area (Å²) < 4.78 is 1.83. The van der Waals surface area contributed by atoms with Gasteiger partial charge in [0, 0.05) is 41.6 Å². The van der Waals surface area contributed by atoms with E-state index < -0.39 is 0 Å². The van der Waals surface area contributed by atoms with E-state index in [4.69, 9.17) is 29.6 Å². The number of hydrogen-bond acceptors (Lipinski definition) is 3. The highest BCUT2D eigenvalue weighted by Gasteiger charge is 2.09. The Kier molecular flexibility index (Phi) is 4.62. The van der Waals surface area contributed by atoms with Crippen LogP contribution in [0.5, 0.6) is 0 Å². The molecular formula is C14H17ClN4S. The lowest BCUT2D eigenvalue weighted by molar-refractivity contribution is 0.746. The highest BCUT2D eigenvalue weighted by Crippen LogP contribution is 2.21. The fourth-order valence-electron chi connectivity index (χ4n) is 2.09. The Hall–Kier alpha value is -1.59. The van der Waals surface area contributed by atoms with E-state index in [1.807, 2.05) is 30.1 Å². The van der Waals surface area contributed by atoms with Crippen molar-refractivity contribution in [3.05, 3.63) is 46.2 Å². The predicted molar refractivity (Wildman–Crippen MR) is 87.3 cm³/mol. The molecule has 2 rings (SSSR count). The first kappa shape index (κ1) is 14.8. The maximum absolute atomic E-state index is 5.97. The number of benzene rings is 1. The highest BCUT2D eigenvalue weighted by molar-refractivity contribution is 7.80. The van der Waals surface area contributed by atoms with E-state index in [0.717, 1.165) is 23.4 Å². The zero-order valence-corrected chi connectivity index (χ0v) is 13.1. The van der Waals surface area contributed by atoms with Gasteiger partial charge >= 0.3 is 0 Å². The van der Waals surface area contributed by atoms with E-state index in [0.29, 0.717) is 16.6 Å². The molecule has 6 heteroatoms. The average Bonchev–Trinajstić information content (AvgIpc) is 2.77. The molecule has 1 aromatic carbocycles. The van der Waals surface area contributed by atoms with Crippen LogP contribution in [0.15, 0.2) is 24.4 Å². The third kappa shape index (κ3) is 3.29. The highest BCUT2D eigenvalue weighted by atomic mass is 35.5. The van der Waals surface area contributed by atoms with Crippen LogP contribution in [0.1, 0.15) is 23.7 Å². The van der Waals surface area contributed by atoms with E-state index in [9.17, 15) is 0 Å². The van der Waals surface area contributed by atoms with Crippen molar-refractivity contribution in [2.24, 2.45) is 12.8 Å². The van der Waals surface area contributed by atoms with Gasteiger partial charge in [-0.1, -0.05) is 30.7 Å². The third-order valence-electron chi connectivity index (χ3n) is 3.04. The lowest BCUT2D eigenvalue weighted by atomic mass is 10.1. The van der Waals surface area contributed by atoms with Gasteiger partial charge in [0.1, 0.15) is 4.99 Å². The predicted octanol–water partition coefficient (Wildman–Crippen LogP) is 2.88. The minimum Gasteiger partial charge on any atom is -0.389 e. The van der Waals surface area contributed by atoms with E-state index in [1.54, 1.807) is 6.07 Å². The molecule has 0 fully saturated rings. The summed E-state index contributed by atoms with van der Waals surface area (Å²) in [5.74, 6) is 0. The van der Waals surface area contributed by atoms with Crippen LogP contribution in [0.4, 0.5) is 5.69 Å². The van der Waals surface area contributed by atoms with E-state index in [1.165, 1.54) is 5.56 Å². The molecule has 0 saturated heterocycles. The second kappa shape index (κ2) is 6.24. The Morgan fingerprint density at radius 2 is 2.25 bits per heavy atom. The van der Waals surface area contributed by atoms with Crippen LogP contribution in [0.3, 0.4) is 0 Å². The molecule has 3 N–H and O–H groups in total. The molecule has 0 saturated carbocycles. The molecule has 106 valence electrons. The summed E-state index contributed by atoms with van der Waals surface area (Å²) in [6.45, 7) is 2.77. The molecule has 0 aliphatic heterocycles. The first-order valence-electron chi connectivity index (χ1n) is 6.36. The van der Waals surface area contributed by atoms with Crippen molar-refractivity contribution < 1.29 is 0 Å². The molecule has 0 amide bonds. The van der Waals surface area contributed by atoms with E-state index >= 15 is 0 Å². The number of anilines is 1. The number of rotatable bonds is 5. The zero-order valence-electron chi connectivity index (χ0n) is 11.5. The second-order valence-corrected chi connectivity index (χ2v) is 5.41. The Morgan fingerprint density at radius 3 is 2.90 bits per heavy atom. The molecule has 0 bridgehead atoms. The molecule has 0 spiro atoms. The number of hydrogen-bond donors (Lipinski definition) is 2. The van der Waals surface area contributed by atoms with E-state index in [-0.39, 0.29) is 0 Å². The van der Waals surface area contributed by atoms with Gasteiger partial charge in [-0.25, -0.2) is 0 Å². The number of nitrogens with zero attached hydrogens (tertiary/aromatic N) is 2. The van der Waals surface area contributed by atoms with Crippen LogP contribution in [0.2, 0.25) is 5.02 Å². The molecule has 0 aliphatic rings. The van der Waals surface area contributed by atoms with Crippen molar-refractivity contribution in [1.29, 1.82) is 0 Å². The van der Waals surface area contributed by atoms with Gasteiger partial charge in [-0.3, -0.25) is 4.68 Å². The van der Waals surface area contributed by atoms with Crippen molar-refractivity contribution in [3.8, 4) is 0 Å². The van der Waals surface area contributed by atoms with Crippen LogP contribution >= 0.6 is 23.8 Å². The molecule has 0 unspecified atom stereocenters. The molecule has 0 radical (unpaired) electrons. The topological polar surface area (TPSA) is 55.9 Å². The molecule has 0 aliphatic carbocycles. The van der Waals surface area contributed by atoms with Gasteiger partial charge in [-0.05, 0) is 24.6 Å². The van der Waals surface area contributed by atoms with Crippen LogP contribution in [0.25, 0.3) is 0 Å². The van der Waals surface area contributed by atoms with Crippen LogP contribution in [-0.4, -0.2) is 14.8 Å². The largest absolute Gasteiger partial charge is 0.389 e. The number of halogens is 1. The number of aryl methyl sites for hydroxylation is 2. The number of aromatic nitrogens is 2. The zero-order chi connectivity index (χ0) is 14.7. The van der Waals surface area contributed by atoms with Gasteiger partial charge in [-0.2, -0.15) is 5.10 Å². The van der Waals surface area contributed by atoms with Crippen LogP contribution in [0, 0.1) is 0 Å². The smallest absolute Gasteiger partial charge is 0.106 e. The van der Waals surface area contributed by atoms with Gasteiger partial charge in [0.2, 0.25) is 0 Å². The number of thiocarbonyl (C=S) groups is 1. The average molecular weight is 309 g/mol. The van der Waals surface area contributed by atoms with Crippen molar-refractivity contribution in [3.63, 3.8) is 0 Å². The summed E-state index contributed by atoms with van der Waals surface area (Å²) in [7, 11) is 1.92. The molecule has 1 heterocycles. The van der Waals surface area contributed by atoms with Crippen molar-refractivity contribution >= 4 is 34.5 Å². The Bertz CT molecular complexity index is 636. The second-order valence-electron chi connectivity index (χ2n) is 4.54. The minimum atomic E-state index is 0.330. The Labute approximate surface area is 128 Å². The van der Waals surface area contributed by atoms with E-state index in [2.05, 4.69) is 17.3 Å². The summed E-state index contributed by atoms with van der Waals surface area (Å²) in [6, 6.07) is 5.48. The molecule has 4 nitrogen and oxygen atoms in total. The maximum Gasteiger partial charge on any atom is 0.106 e. The lowest BCUT2D eigenvalue weighted by Gasteiger charge is -2.11. The quantitative estimate of drug-likeness (QED) is 0.834. The summed E-state index contributed by atoms with van der Waals surface area (Å²) in [4.78, 5) is 0.330. The van der Waals surface area contributed by atoms with Gasteiger partial charge < -0.3 is 11.1 Å². The lowest BCUT2D eigenvalue weighted by Crippen LogP contribution is -2.13. The normalized spacial score (nSPS) is 10.6. The summed E-state index contributed by atoms with van der Waals surface area (Å²) >= 11 is 11.0. The van der Waals surface area contributed by atoms with Gasteiger partial charge in [0.05, 0.1) is 5.69 Å². The fraction of sp³-hybridized carbons (Fsp3) is 0.286. The minimum absolute atomic E-state index is 0.330. The Balaban J connectivity index is 2.20. The van der Waals surface area contributed by atoms with Gasteiger partial charge in [-0.15, -0.1) is 0 Å². The van der Waals surface area contributed by atoms with Crippen molar-refractivity contribution in [2.75, 3.05) is 5.32 Å². The monoisotopic (exact) mass is 308 g/mol. The first-order valence-corrected chi connectivity index (χ1v) is 7.14. The maximum atomic E-state index is 5.97. The standard InChI is InChI=1S/C14H17ClN4S/c1-3-12-9(8-19(2)18-12)7-17-13-5-4-10(15)6-11(13)14(16)20/h4-6,8,17H,3,7H2,1-2H3,(H2,16,20). The number of nitrogens with one attached hydrogen (secondary N) is 1. The summed E-state index contributed by atoms with van der Waals surface area (Å²) in [5, 5.41) is 8.38. The van der Waals surface area contributed by atoms with Crippen LogP contribution in [-0.2, 0) is 20.0 Å². The fourth-order valence-corrected chi connectivity index (χ4v) is 2.43.